The van der Waals surface area contributed by atoms with Crippen molar-refractivity contribution in [2.75, 3.05) is 6.54 Å². The maximum absolute atomic E-state index is 13.5. The van der Waals surface area contributed by atoms with E-state index >= 15 is 0 Å². The predicted molar refractivity (Wildman–Crippen MR) is 75.3 cm³/mol. The zero-order valence-corrected chi connectivity index (χ0v) is 12.1. The molecule has 106 valence electrons. The minimum atomic E-state index is -0.335. The van der Waals surface area contributed by atoms with Crippen LogP contribution in [0.4, 0.5) is 4.39 Å². The van der Waals surface area contributed by atoms with E-state index in [0.717, 1.165) is 5.56 Å². The number of hydrogen-bond donors (Lipinski definition) is 2. The second-order valence-electron chi connectivity index (χ2n) is 5.34. The molecular formula is C15H23FN2O. The maximum atomic E-state index is 13.5. The van der Waals surface area contributed by atoms with Gasteiger partial charge in [-0.3, -0.25) is 4.79 Å². The van der Waals surface area contributed by atoms with Crippen molar-refractivity contribution in [3.05, 3.63) is 35.1 Å². The first-order valence-corrected chi connectivity index (χ1v) is 6.66. The van der Waals surface area contributed by atoms with E-state index in [2.05, 4.69) is 10.6 Å². The lowest BCUT2D eigenvalue weighted by Gasteiger charge is -2.15. The molecule has 3 nitrogen and oxygen atoms in total. The molecule has 1 unspecified atom stereocenters. The molecule has 0 aromatic heterocycles. The average Bonchev–Trinajstić information content (AvgIpc) is 2.36. The van der Waals surface area contributed by atoms with E-state index in [1.54, 1.807) is 19.1 Å². The van der Waals surface area contributed by atoms with Crippen LogP contribution >= 0.6 is 0 Å². The predicted octanol–water partition coefficient (Wildman–Crippen LogP) is 2.38. The largest absolute Gasteiger partial charge is 0.354 e. The van der Waals surface area contributed by atoms with Crippen LogP contribution in [0.1, 0.15) is 31.9 Å². The number of hydrogen-bond acceptors (Lipinski definition) is 2. The lowest BCUT2D eigenvalue weighted by molar-refractivity contribution is -0.122. The van der Waals surface area contributed by atoms with Crippen molar-refractivity contribution in [1.82, 2.24) is 10.6 Å². The summed E-state index contributed by atoms with van der Waals surface area (Å²) in [6, 6.07) is 4.65. The molecule has 0 radical (unpaired) electrons. The monoisotopic (exact) mass is 266 g/mol. The minimum Gasteiger partial charge on any atom is -0.354 e. The highest BCUT2D eigenvalue weighted by molar-refractivity contribution is 5.81. The van der Waals surface area contributed by atoms with Crippen LogP contribution in [0.2, 0.25) is 0 Å². The maximum Gasteiger partial charge on any atom is 0.236 e. The number of rotatable bonds is 6. The van der Waals surface area contributed by atoms with Gasteiger partial charge in [-0.1, -0.05) is 31.5 Å². The second kappa shape index (κ2) is 7.24. The fourth-order valence-corrected chi connectivity index (χ4v) is 1.65. The van der Waals surface area contributed by atoms with Crippen LogP contribution in [0.3, 0.4) is 0 Å². The molecule has 0 aliphatic rings. The van der Waals surface area contributed by atoms with Gasteiger partial charge in [0, 0.05) is 18.7 Å². The smallest absolute Gasteiger partial charge is 0.236 e. The fourth-order valence-electron chi connectivity index (χ4n) is 1.65. The van der Waals surface area contributed by atoms with Crippen molar-refractivity contribution in [3.8, 4) is 0 Å². The van der Waals surface area contributed by atoms with E-state index in [0.29, 0.717) is 24.6 Å². The Labute approximate surface area is 114 Å². The molecule has 19 heavy (non-hydrogen) atoms. The van der Waals surface area contributed by atoms with Crippen LogP contribution in [0.5, 0.6) is 0 Å². The Morgan fingerprint density at radius 1 is 1.32 bits per heavy atom. The van der Waals surface area contributed by atoms with Crippen LogP contribution in [0.15, 0.2) is 18.2 Å². The lowest BCUT2D eigenvalue weighted by Crippen LogP contribution is -2.43. The summed E-state index contributed by atoms with van der Waals surface area (Å²) in [6.07, 6.45) is 0. The molecule has 1 aromatic rings. The van der Waals surface area contributed by atoms with E-state index < -0.39 is 0 Å². The van der Waals surface area contributed by atoms with Crippen molar-refractivity contribution in [2.24, 2.45) is 5.92 Å². The quantitative estimate of drug-likeness (QED) is 0.830. The highest BCUT2D eigenvalue weighted by Gasteiger charge is 2.13. The molecule has 0 bridgehead atoms. The molecule has 0 aliphatic carbocycles. The van der Waals surface area contributed by atoms with Gasteiger partial charge in [-0.25, -0.2) is 4.39 Å². The van der Waals surface area contributed by atoms with Crippen molar-refractivity contribution in [1.29, 1.82) is 0 Å². The summed E-state index contributed by atoms with van der Waals surface area (Å²) in [5, 5.41) is 5.89. The van der Waals surface area contributed by atoms with Crippen molar-refractivity contribution < 1.29 is 9.18 Å². The first-order valence-electron chi connectivity index (χ1n) is 6.66. The number of halogens is 1. The first kappa shape index (κ1) is 15.6. The summed E-state index contributed by atoms with van der Waals surface area (Å²) >= 11 is 0. The Bertz CT molecular complexity index is 432. The third kappa shape index (κ3) is 5.39. The summed E-state index contributed by atoms with van der Waals surface area (Å²) < 4.78 is 13.5. The summed E-state index contributed by atoms with van der Waals surface area (Å²) in [4.78, 5) is 11.8. The standard InChI is InChI=1S/C15H23FN2O/c1-10(2)8-18-15(19)12(4)17-9-13-7-11(3)5-6-14(13)16/h5-7,10,12,17H,8-9H2,1-4H3,(H,18,19). The van der Waals surface area contributed by atoms with Gasteiger partial charge in [-0.15, -0.1) is 0 Å². The molecule has 2 N–H and O–H groups in total. The number of benzene rings is 1. The second-order valence-corrected chi connectivity index (χ2v) is 5.34. The number of carbonyl (C=O) groups is 1. The van der Waals surface area contributed by atoms with Crippen molar-refractivity contribution in [2.45, 2.75) is 40.3 Å². The van der Waals surface area contributed by atoms with Gasteiger partial charge >= 0.3 is 0 Å². The van der Waals surface area contributed by atoms with Crippen LogP contribution in [0, 0.1) is 18.7 Å². The normalized spacial score (nSPS) is 12.5. The van der Waals surface area contributed by atoms with Crippen molar-refractivity contribution in [3.63, 3.8) is 0 Å². The molecule has 0 saturated carbocycles. The molecule has 0 heterocycles. The third-order valence-corrected chi connectivity index (χ3v) is 2.88. The molecule has 1 aromatic carbocycles. The minimum absolute atomic E-state index is 0.0539. The topological polar surface area (TPSA) is 41.1 Å². The zero-order chi connectivity index (χ0) is 14.4. The SMILES string of the molecule is Cc1ccc(F)c(CNC(C)C(=O)NCC(C)C)c1. The molecule has 1 rings (SSSR count). The van der Waals surface area contributed by atoms with Crippen LogP contribution in [0.25, 0.3) is 0 Å². The Morgan fingerprint density at radius 2 is 2.00 bits per heavy atom. The molecule has 0 aliphatic heterocycles. The number of carbonyl (C=O) groups excluding carboxylic acids is 1. The van der Waals surface area contributed by atoms with Crippen molar-refractivity contribution >= 4 is 5.91 Å². The van der Waals surface area contributed by atoms with Gasteiger partial charge in [-0.2, -0.15) is 0 Å². The molecule has 0 saturated heterocycles. The fraction of sp³-hybridized carbons (Fsp3) is 0.533. The van der Waals surface area contributed by atoms with E-state index in [1.807, 2.05) is 20.8 Å². The van der Waals surface area contributed by atoms with Gasteiger partial charge in [0.05, 0.1) is 6.04 Å². The Hall–Kier alpha value is -1.42. The number of nitrogens with one attached hydrogen (secondary N) is 2. The van der Waals surface area contributed by atoms with Gasteiger partial charge in [0.2, 0.25) is 5.91 Å². The summed E-state index contributed by atoms with van der Waals surface area (Å²) in [7, 11) is 0. The first-order chi connectivity index (χ1) is 8.90. The van der Waals surface area contributed by atoms with Gasteiger partial charge < -0.3 is 10.6 Å². The zero-order valence-electron chi connectivity index (χ0n) is 12.1. The summed E-state index contributed by atoms with van der Waals surface area (Å²) in [5.41, 5.74) is 1.60. The van der Waals surface area contributed by atoms with E-state index in [-0.39, 0.29) is 17.8 Å². The van der Waals surface area contributed by atoms with Gasteiger partial charge in [0.15, 0.2) is 0 Å². The Morgan fingerprint density at radius 3 is 2.63 bits per heavy atom. The highest BCUT2D eigenvalue weighted by atomic mass is 19.1. The highest BCUT2D eigenvalue weighted by Crippen LogP contribution is 2.09. The molecular weight excluding hydrogens is 243 g/mol. The molecule has 0 fully saturated rings. The lowest BCUT2D eigenvalue weighted by atomic mass is 10.1. The van der Waals surface area contributed by atoms with Gasteiger partial charge in [0.1, 0.15) is 5.82 Å². The number of amides is 1. The summed E-state index contributed by atoms with van der Waals surface area (Å²) in [5.74, 6) is 0.125. The molecule has 1 atom stereocenters. The van der Waals surface area contributed by atoms with Crippen LogP contribution in [-0.2, 0) is 11.3 Å². The van der Waals surface area contributed by atoms with Crippen LogP contribution in [-0.4, -0.2) is 18.5 Å². The van der Waals surface area contributed by atoms with Crippen LogP contribution < -0.4 is 10.6 Å². The molecule has 0 spiro atoms. The van der Waals surface area contributed by atoms with Gasteiger partial charge in [-0.05, 0) is 25.8 Å². The van der Waals surface area contributed by atoms with Gasteiger partial charge in [0.25, 0.3) is 0 Å². The molecule has 4 heteroatoms. The third-order valence-electron chi connectivity index (χ3n) is 2.88. The van der Waals surface area contributed by atoms with E-state index in [4.69, 9.17) is 0 Å². The van der Waals surface area contributed by atoms with E-state index in [9.17, 15) is 9.18 Å². The van der Waals surface area contributed by atoms with E-state index in [1.165, 1.54) is 6.07 Å². The Kier molecular flexibility index (Phi) is 5.96. The summed E-state index contributed by atoms with van der Waals surface area (Å²) in [6.45, 7) is 8.79. The Balaban J connectivity index is 2.47. The molecule has 1 amide bonds. The average molecular weight is 266 g/mol. The number of aryl methyl sites for hydroxylation is 1.